The van der Waals surface area contributed by atoms with E-state index in [-0.39, 0.29) is 30.6 Å². The number of phenols is 1. The van der Waals surface area contributed by atoms with Gasteiger partial charge in [0, 0.05) is 45.4 Å². The zero-order valence-corrected chi connectivity index (χ0v) is 17.0. The number of halogens is 2. The van der Waals surface area contributed by atoms with E-state index in [9.17, 15) is 5.11 Å². The standard InChI is InChI=1S/C18H28N2O4.2ClH/c1-22-15-11-14(12-16(23-2)18(15)21)17(13-3-9-24-10-4-13)20-7-5-19-6-8-20;;/h11-13,17,19,21H,3-10H2,1-2H3;2*1H/t17-;;/m1../s1. The van der Waals surface area contributed by atoms with Crippen LogP contribution < -0.4 is 14.8 Å². The van der Waals surface area contributed by atoms with Crippen LogP contribution in [0, 0.1) is 5.92 Å². The topological polar surface area (TPSA) is 63.2 Å². The minimum atomic E-state index is 0. The van der Waals surface area contributed by atoms with Crippen molar-refractivity contribution in [2.75, 3.05) is 53.6 Å². The molecule has 0 bridgehead atoms. The van der Waals surface area contributed by atoms with Crippen molar-refractivity contribution in [3.8, 4) is 17.2 Å². The molecule has 1 atom stereocenters. The van der Waals surface area contributed by atoms with Crippen molar-refractivity contribution < 1.29 is 19.3 Å². The van der Waals surface area contributed by atoms with E-state index in [4.69, 9.17) is 14.2 Å². The molecule has 1 aromatic rings. The number of hydrogen-bond donors (Lipinski definition) is 2. The van der Waals surface area contributed by atoms with Crippen molar-refractivity contribution >= 4 is 24.8 Å². The number of rotatable bonds is 5. The number of nitrogens with zero attached hydrogens (tertiary/aromatic N) is 1. The fourth-order valence-electron chi connectivity index (χ4n) is 3.86. The minimum absolute atomic E-state index is 0. The van der Waals surface area contributed by atoms with Gasteiger partial charge in [0.1, 0.15) is 0 Å². The van der Waals surface area contributed by atoms with Crippen LogP contribution in [0.4, 0.5) is 0 Å². The summed E-state index contributed by atoms with van der Waals surface area (Å²) >= 11 is 0. The van der Waals surface area contributed by atoms with Crippen LogP contribution >= 0.6 is 24.8 Å². The first kappa shape index (κ1) is 23.1. The Hall–Kier alpha value is -0.920. The lowest BCUT2D eigenvalue weighted by atomic mass is 9.85. The van der Waals surface area contributed by atoms with Crippen molar-refractivity contribution in [1.29, 1.82) is 0 Å². The molecule has 0 spiro atoms. The second-order valence-corrected chi connectivity index (χ2v) is 6.45. The molecular formula is C18H30Cl2N2O4. The third kappa shape index (κ3) is 5.08. The molecule has 6 nitrogen and oxygen atoms in total. The van der Waals surface area contributed by atoms with E-state index in [1.807, 2.05) is 12.1 Å². The molecule has 3 rings (SSSR count). The molecule has 26 heavy (non-hydrogen) atoms. The zero-order valence-electron chi connectivity index (χ0n) is 15.4. The van der Waals surface area contributed by atoms with Gasteiger partial charge in [0.2, 0.25) is 5.75 Å². The van der Waals surface area contributed by atoms with Gasteiger partial charge in [-0.2, -0.15) is 0 Å². The van der Waals surface area contributed by atoms with E-state index in [0.29, 0.717) is 23.5 Å². The Labute approximate surface area is 168 Å². The molecule has 1 aromatic carbocycles. The van der Waals surface area contributed by atoms with E-state index in [0.717, 1.165) is 57.8 Å². The molecule has 2 saturated heterocycles. The Morgan fingerprint density at radius 2 is 1.62 bits per heavy atom. The fraction of sp³-hybridized carbons (Fsp3) is 0.667. The maximum absolute atomic E-state index is 10.2. The molecule has 8 heteroatoms. The number of methoxy groups -OCH3 is 2. The van der Waals surface area contributed by atoms with Crippen LogP contribution in [0.25, 0.3) is 0 Å². The van der Waals surface area contributed by atoms with Crippen LogP contribution in [-0.4, -0.2) is 63.6 Å². The number of benzene rings is 1. The summed E-state index contributed by atoms with van der Waals surface area (Å²) in [6.07, 6.45) is 2.11. The quantitative estimate of drug-likeness (QED) is 0.780. The van der Waals surface area contributed by atoms with Crippen molar-refractivity contribution in [1.82, 2.24) is 10.2 Å². The Morgan fingerprint density at radius 3 is 2.12 bits per heavy atom. The smallest absolute Gasteiger partial charge is 0.200 e. The molecule has 0 aliphatic carbocycles. The van der Waals surface area contributed by atoms with E-state index in [2.05, 4.69) is 10.2 Å². The Morgan fingerprint density at radius 1 is 1.08 bits per heavy atom. The first-order valence-electron chi connectivity index (χ1n) is 8.72. The predicted octanol–water partition coefficient (Wildman–Crippen LogP) is 2.63. The zero-order chi connectivity index (χ0) is 16.9. The van der Waals surface area contributed by atoms with E-state index >= 15 is 0 Å². The summed E-state index contributed by atoms with van der Waals surface area (Å²) in [5.41, 5.74) is 1.15. The highest BCUT2D eigenvalue weighted by Gasteiger charge is 2.32. The van der Waals surface area contributed by atoms with E-state index in [1.54, 1.807) is 14.2 Å². The maximum Gasteiger partial charge on any atom is 0.200 e. The molecule has 2 heterocycles. The van der Waals surface area contributed by atoms with Gasteiger partial charge >= 0.3 is 0 Å². The number of aromatic hydroxyl groups is 1. The summed E-state index contributed by atoms with van der Waals surface area (Å²) in [7, 11) is 3.15. The third-order valence-electron chi connectivity index (χ3n) is 5.10. The lowest BCUT2D eigenvalue weighted by molar-refractivity contribution is 0.0212. The van der Waals surface area contributed by atoms with Crippen molar-refractivity contribution in [2.24, 2.45) is 5.92 Å². The lowest BCUT2D eigenvalue weighted by Gasteiger charge is -2.41. The van der Waals surface area contributed by atoms with Crippen LogP contribution in [0.2, 0.25) is 0 Å². The molecule has 2 fully saturated rings. The van der Waals surface area contributed by atoms with Gasteiger partial charge in [-0.25, -0.2) is 0 Å². The Kier molecular flexibility index (Phi) is 9.82. The Balaban J connectivity index is 0.00000169. The van der Waals surface area contributed by atoms with Crippen molar-refractivity contribution in [3.63, 3.8) is 0 Å². The number of ether oxygens (including phenoxy) is 3. The third-order valence-corrected chi connectivity index (χ3v) is 5.10. The number of phenolic OH excluding ortho intramolecular Hbond substituents is 1. The van der Waals surface area contributed by atoms with Gasteiger partial charge in [-0.15, -0.1) is 24.8 Å². The second-order valence-electron chi connectivity index (χ2n) is 6.45. The molecule has 150 valence electrons. The Bertz CT molecular complexity index is 507. The average molecular weight is 409 g/mol. The molecule has 0 saturated carbocycles. The van der Waals surface area contributed by atoms with Crippen molar-refractivity contribution in [2.45, 2.75) is 18.9 Å². The summed E-state index contributed by atoms with van der Waals surface area (Å²) in [6, 6.07) is 4.21. The van der Waals surface area contributed by atoms with Gasteiger partial charge in [-0.05, 0) is 36.5 Å². The summed E-state index contributed by atoms with van der Waals surface area (Å²) in [6.45, 7) is 5.69. The molecular weight excluding hydrogens is 379 g/mol. The largest absolute Gasteiger partial charge is 0.502 e. The molecule has 2 N–H and O–H groups in total. The van der Waals surface area contributed by atoms with Gasteiger partial charge in [-0.3, -0.25) is 4.90 Å². The molecule has 0 amide bonds. The van der Waals surface area contributed by atoms with Crippen LogP contribution in [0.5, 0.6) is 17.2 Å². The molecule has 0 unspecified atom stereocenters. The fourth-order valence-corrected chi connectivity index (χ4v) is 3.86. The first-order chi connectivity index (χ1) is 11.7. The highest BCUT2D eigenvalue weighted by molar-refractivity contribution is 5.85. The molecule has 0 radical (unpaired) electrons. The minimum Gasteiger partial charge on any atom is -0.502 e. The van der Waals surface area contributed by atoms with E-state index < -0.39 is 0 Å². The average Bonchev–Trinajstić information content (AvgIpc) is 2.65. The van der Waals surface area contributed by atoms with E-state index in [1.165, 1.54) is 0 Å². The summed E-state index contributed by atoms with van der Waals surface area (Å²) in [5, 5.41) is 13.6. The van der Waals surface area contributed by atoms with Crippen LogP contribution in [0.1, 0.15) is 24.4 Å². The highest BCUT2D eigenvalue weighted by Crippen LogP contribution is 2.43. The van der Waals surface area contributed by atoms with Gasteiger partial charge in [0.15, 0.2) is 11.5 Å². The SMILES string of the molecule is COc1cc([C@@H](C2CCOCC2)N2CCNCC2)cc(OC)c1O.Cl.Cl. The first-order valence-corrected chi connectivity index (χ1v) is 8.72. The molecule has 0 aromatic heterocycles. The highest BCUT2D eigenvalue weighted by atomic mass is 35.5. The van der Waals surface area contributed by atoms with Crippen LogP contribution in [0.15, 0.2) is 12.1 Å². The number of hydrogen-bond acceptors (Lipinski definition) is 6. The van der Waals surface area contributed by atoms with Gasteiger partial charge < -0.3 is 24.6 Å². The summed E-state index contributed by atoms with van der Waals surface area (Å²) < 4.78 is 16.3. The maximum atomic E-state index is 10.2. The number of nitrogens with one attached hydrogen (secondary N) is 1. The van der Waals surface area contributed by atoms with Gasteiger partial charge in [-0.1, -0.05) is 0 Å². The van der Waals surface area contributed by atoms with Crippen molar-refractivity contribution in [3.05, 3.63) is 17.7 Å². The normalized spacial score (nSPS) is 19.8. The molecule has 2 aliphatic heterocycles. The predicted molar refractivity (Wildman–Crippen MR) is 106 cm³/mol. The lowest BCUT2D eigenvalue weighted by Crippen LogP contribution is -2.47. The van der Waals surface area contributed by atoms with Crippen LogP contribution in [0.3, 0.4) is 0 Å². The summed E-state index contributed by atoms with van der Waals surface area (Å²) in [4.78, 5) is 2.54. The second kappa shape index (κ2) is 11.0. The monoisotopic (exact) mass is 408 g/mol. The van der Waals surface area contributed by atoms with Crippen LogP contribution in [-0.2, 0) is 4.74 Å². The molecule has 2 aliphatic rings. The summed E-state index contributed by atoms with van der Waals surface area (Å²) in [5.74, 6) is 1.54. The van der Waals surface area contributed by atoms with Gasteiger partial charge in [0.25, 0.3) is 0 Å². The number of piperazine rings is 1. The van der Waals surface area contributed by atoms with Gasteiger partial charge in [0.05, 0.1) is 14.2 Å².